The fourth-order valence-corrected chi connectivity index (χ4v) is 3.31. The molecule has 152 valence electrons. The zero-order valence-corrected chi connectivity index (χ0v) is 16.7. The molecule has 0 amide bonds. The standard InChI is InChI=1S/C19H20ClF2N7/c1-10(2)14-7-15(28-27-14)25-16-8-24-18-19(26-16)29(6-5-23-18)9-11-12(21)3-4-13(22)17(11)20/h3-4,7-8,10H,5-6,9H2,1-2H3,(H,23,24)(H2,25,26,27,28). The van der Waals surface area contributed by atoms with E-state index in [2.05, 4.69) is 44.6 Å². The van der Waals surface area contributed by atoms with E-state index in [1.807, 2.05) is 11.0 Å². The number of nitrogens with one attached hydrogen (secondary N) is 3. The van der Waals surface area contributed by atoms with Crippen molar-refractivity contribution in [2.75, 3.05) is 28.6 Å². The highest BCUT2D eigenvalue weighted by Gasteiger charge is 2.23. The third kappa shape index (κ3) is 3.95. The summed E-state index contributed by atoms with van der Waals surface area (Å²) in [5, 5.41) is 13.3. The summed E-state index contributed by atoms with van der Waals surface area (Å²) in [6.45, 7) is 5.33. The molecule has 0 atom stereocenters. The molecule has 0 saturated heterocycles. The van der Waals surface area contributed by atoms with Crippen molar-refractivity contribution >= 4 is 34.9 Å². The van der Waals surface area contributed by atoms with Gasteiger partial charge in [-0.15, -0.1) is 0 Å². The molecule has 10 heteroatoms. The van der Waals surface area contributed by atoms with Crippen LogP contribution in [0.25, 0.3) is 0 Å². The van der Waals surface area contributed by atoms with Crippen molar-refractivity contribution in [3.63, 3.8) is 0 Å². The first-order valence-electron chi connectivity index (χ1n) is 9.23. The van der Waals surface area contributed by atoms with Crippen LogP contribution in [0.1, 0.15) is 31.0 Å². The molecule has 29 heavy (non-hydrogen) atoms. The maximum absolute atomic E-state index is 14.2. The summed E-state index contributed by atoms with van der Waals surface area (Å²) in [7, 11) is 0. The Hall–Kier alpha value is -2.94. The Morgan fingerprint density at radius 3 is 2.83 bits per heavy atom. The minimum atomic E-state index is -0.653. The second kappa shape index (κ2) is 7.82. The summed E-state index contributed by atoms with van der Waals surface area (Å²) in [4.78, 5) is 10.8. The molecule has 3 N–H and O–H groups in total. The van der Waals surface area contributed by atoms with Crippen molar-refractivity contribution in [3.8, 4) is 0 Å². The van der Waals surface area contributed by atoms with E-state index in [1.165, 1.54) is 0 Å². The SMILES string of the molecule is CC(C)c1cc(Nc2cnc3c(n2)N(Cc2c(F)ccc(F)c2Cl)CCN3)[nH]n1. The molecule has 2 aromatic heterocycles. The molecule has 0 aliphatic carbocycles. The normalized spacial score (nSPS) is 13.4. The van der Waals surface area contributed by atoms with Gasteiger partial charge in [0.2, 0.25) is 0 Å². The van der Waals surface area contributed by atoms with Crippen molar-refractivity contribution in [2.45, 2.75) is 26.3 Å². The predicted molar refractivity (Wildman–Crippen MR) is 109 cm³/mol. The van der Waals surface area contributed by atoms with E-state index in [0.29, 0.717) is 42.3 Å². The lowest BCUT2D eigenvalue weighted by molar-refractivity contribution is 0.580. The first-order valence-corrected chi connectivity index (χ1v) is 9.60. The number of H-pyrrole nitrogens is 1. The second-order valence-electron chi connectivity index (χ2n) is 7.08. The number of benzene rings is 1. The van der Waals surface area contributed by atoms with Crippen LogP contribution in [0.3, 0.4) is 0 Å². The Bertz CT molecular complexity index is 1040. The smallest absolute Gasteiger partial charge is 0.174 e. The third-order valence-electron chi connectivity index (χ3n) is 4.67. The van der Waals surface area contributed by atoms with E-state index in [-0.39, 0.29) is 17.1 Å². The Kier molecular flexibility index (Phi) is 5.23. The van der Waals surface area contributed by atoms with Crippen LogP contribution in [0.2, 0.25) is 5.02 Å². The van der Waals surface area contributed by atoms with Crippen LogP contribution in [0.5, 0.6) is 0 Å². The summed E-state index contributed by atoms with van der Waals surface area (Å²) >= 11 is 5.99. The van der Waals surface area contributed by atoms with Crippen molar-refractivity contribution in [2.24, 2.45) is 0 Å². The van der Waals surface area contributed by atoms with Gasteiger partial charge in [-0.25, -0.2) is 18.7 Å². The zero-order valence-electron chi connectivity index (χ0n) is 15.9. The molecule has 0 saturated carbocycles. The number of aromatic nitrogens is 4. The lowest BCUT2D eigenvalue weighted by Crippen LogP contribution is -2.35. The van der Waals surface area contributed by atoms with Crippen LogP contribution in [-0.4, -0.2) is 33.3 Å². The quantitative estimate of drug-likeness (QED) is 0.531. The van der Waals surface area contributed by atoms with Gasteiger partial charge in [0.15, 0.2) is 17.5 Å². The monoisotopic (exact) mass is 419 g/mol. The highest BCUT2D eigenvalue weighted by molar-refractivity contribution is 6.31. The maximum atomic E-state index is 14.2. The van der Waals surface area contributed by atoms with E-state index in [1.54, 1.807) is 6.20 Å². The Balaban J connectivity index is 1.61. The Morgan fingerprint density at radius 2 is 2.07 bits per heavy atom. The summed E-state index contributed by atoms with van der Waals surface area (Å²) in [6, 6.07) is 4.00. The number of halogens is 3. The largest absolute Gasteiger partial charge is 0.365 e. The number of aromatic amines is 1. The van der Waals surface area contributed by atoms with E-state index < -0.39 is 11.6 Å². The van der Waals surface area contributed by atoms with E-state index in [9.17, 15) is 8.78 Å². The molecule has 1 aliphatic rings. The molecule has 4 rings (SSSR count). The molecule has 1 aliphatic heterocycles. The molecule has 1 aromatic carbocycles. The average molecular weight is 420 g/mol. The lowest BCUT2D eigenvalue weighted by atomic mass is 10.1. The van der Waals surface area contributed by atoms with Gasteiger partial charge in [-0.3, -0.25) is 5.10 Å². The number of rotatable bonds is 5. The molecule has 7 nitrogen and oxygen atoms in total. The van der Waals surface area contributed by atoms with Crippen LogP contribution in [0, 0.1) is 11.6 Å². The van der Waals surface area contributed by atoms with Crippen LogP contribution in [0.4, 0.5) is 32.1 Å². The van der Waals surface area contributed by atoms with Crippen molar-refractivity contribution in [3.05, 3.63) is 52.3 Å². The summed E-state index contributed by atoms with van der Waals surface area (Å²) in [5.74, 6) is 1.38. The molecule has 0 bridgehead atoms. The van der Waals surface area contributed by atoms with Gasteiger partial charge in [-0.05, 0) is 18.1 Å². The fraction of sp³-hybridized carbons (Fsp3) is 0.316. The minimum absolute atomic E-state index is 0.0802. The van der Waals surface area contributed by atoms with E-state index in [4.69, 9.17) is 11.6 Å². The summed E-state index contributed by atoms with van der Waals surface area (Å²) < 4.78 is 28.0. The lowest BCUT2D eigenvalue weighted by Gasteiger charge is -2.30. The van der Waals surface area contributed by atoms with Gasteiger partial charge < -0.3 is 15.5 Å². The molecular weight excluding hydrogens is 400 g/mol. The predicted octanol–water partition coefficient (Wildman–Crippen LogP) is 4.43. The first kappa shape index (κ1) is 19.4. The van der Waals surface area contributed by atoms with Gasteiger partial charge in [0.1, 0.15) is 17.5 Å². The average Bonchev–Trinajstić information content (AvgIpc) is 3.17. The van der Waals surface area contributed by atoms with Gasteiger partial charge >= 0.3 is 0 Å². The van der Waals surface area contributed by atoms with Crippen molar-refractivity contribution in [1.29, 1.82) is 0 Å². The summed E-state index contributed by atoms with van der Waals surface area (Å²) in [6.07, 6.45) is 1.60. The number of fused-ring (bicyclic) bond motifs is 1. The van der Waals surface area contributed by atoms with Crippen LogP contribution in [0.15, 0.2) is 24.4 Å². The number of hydrogen-bond donors (Lipinski definition) is 3. The Labute approximate surface area is 171 Å². The third-order valence-corrected chi connectivity index (χ3v) is 5.08. The van der Waals surface area contributed by atoms with Gasteiger partial charge in [-0.1, -0.05) is 25.4 Å². The highest BCUT2D eigenvalue weighted by Crippen LogP contribution is 2.31. The molecule has 0 spiro atoms. The Morgan fingerprint density at radius 1 is 1.28 bits per heavy atom. The topological polar surface area (TPSA) is 81.8 Å². The van der Waals surface area contributed by atoms with E-state index in [0.717, 1.165) is 17.8 Å². The van der Waals surface area contributed by atoms with Gasteiger partial charge in [0.05, 0.1) is 16.9 Å². The fourth-order valence-electron chi connectivity index (χ4n) is 3.09. The molecule has 0 fully saturated rings. The van der Waals surface area contributed by atoms with Gasteiger partial charge in [0, 0.05) is 31.3 Å². The molecule has 3 heterocycles. The second-order valence-corrected chi connectivity index (χ2v) is 7.46. The maximum Gasteiger partial charge on any atom is 0.174 e. The van der Waals surface area contributed by atoms with Gasteiger partial charge in [-0.2, -0.15) is 5.10 Å². The number of hydrogen-bond acceptors (Lipinski definition) is 6. The van der Waals surface area contributed by atoms with Crippen molar-refractivity contribution in [1.82, 2.24) is 20.2 Å². The van der Waals surface area contributed by atoms with Crippen LogP contribution >= 0.6 is 11.6 Å². The van der Waals surface area contributed by atoms with Crippen LogP contribution < -0.4 is 15.5 Å². The molecule has 0 unspecified atom stereocenters. The number of anilines is 4. The number of nitrogens with zero attached hydrogens (tertiary/aromatic N) is 4. The van der Waals surface area contributed by atoms with Crippen molar-refractivity contribution < 1.29 is 8.78 Å². The zero-order chi connectivity index (χ0) is 20.5. The van der Waals surface area contributed by atoms with Gasteiger partial charge in [0.25, 0.3) is 0 Å². The minimum Gasteiger partial charge on any atom is -0.365 e. The highest BCUT2D eigenvalue weighted by atomic mass is 35.5. The molecule has 3 aromatic rings. The first-order chi connectivity index (χ1) is 13.9. The molecular formula is C19H20ClF2N7. The molecule has 0 radical (unpaired) electrons. The summed E-state index contributed by atoms with van der Waals surface area (Å²) in [5.41, 5.74) is 1.02. The van der Waals surface area contributed by atoms with E-state index >= 15 is 0 Å². The van der Waals surface area contributed by atoms with Crippen LogP contribution in [-0.2, 0) is 6.54 Å².